The van der Waals surface area contributed by atoms with Gasteiger partial charge in [-0.15, -0.1) is 11.3 Å². The van der Waals surface area contributed by atoms with E-state index in [2.05, 4.69) is 58.4 Å². The molecule has 0 unspecified atom stereocenters. The summed E-state index contributed by atoms with van der Waals surface area (Å²) in [6.07, 6.45) is 7.13. The minimum absolute atomic E-state index is 0.322. The third-order valence-electron chi connectivity index (χ3n) is 5.77. The van der Waals surface area contributed by atoms with Gasteiger partial charge in [0.25, 0.3) is 0 Å². The molecule has 1 fully saturated rings. The third kappa shape index (κ3) is 4.99. The molecule has 4 heteroatoms. The van der Waals surface area contributed by atoms with Crippen LogP contribution in [0.3, 0.4) is 0 Å². The van der Waals surface area contributed by atoms with Crippen LogP contribution in [0.15, 0.2) is 54.6 Å². The van der Waals surface area contributed by atoms with Gasteiger partial charge in [0.15, 0.2) is 0 Å². The molecule has 1 aliphatic rings. The standard InChI is InChI=1S/C24H28N2OS/c27-24(12-6-11-23-25-21-9-4-5-10-22(21)28-23)26-17-15-20(16-18-26)14-13-19-7-2-1-3-8-19/h1-5,7-10,20H,6,11-18H2. The van der Waals surface area contributed by atoms with Gasteiger partial charge in [0.2, 0.25) is 5.91 Å². The lowest BCUT2D eigenvalue weighted by Gasteiger charge is -2.32. The van der Waals surface area contributed by atoms with Crippen molar-refractivity contribution in [1.82, 2.24) is 9.88 Å². The van der Waals surface area contributed by atoms with Gasteiger partial charge in [-0.1, -0.05) is 42.5 Å². The second kappa shape index (κ2) is 9.33. The largest absolute Gasteiger partial charge is 0.343 e. The van der Waals surface area contributed by atoms with Gasteiger partial charge in [0.1, 0.15) is 0 Å². The molecule has 2 aromatic carbocycles. The molecule has 4 rings (SSSR count). The van der Waals surface area contributed by atoms with E-state index >= 15 is 0 Å². The molecule has 0 aliphatic carbocycles. The maximum atomic E-state index is 12.6. The first-order valence-corrected chi connectivity index (χ1v) is 11.3. The van der Waals surface area contributed by atoms with E-state index in [1.54, 1.807) is 11.3 Å². The molecule has 1 aliphatic heterocycles. The monoisotopic (exact) mass is 392 g/mol. The van der Waals surface area contributed by atoms with Crippen molar-refractivity contribution in [3.8, 4) is 0 Å². The number of hydrogen-bond donors (Lipinski definition) is 0. The van der Waals surface area contributed by atoms with Crippen LogP contribution in [0.5, 0.6) is 0 Å². The number of hydrogen-bond acceptors (Lipinski definition) is 3. The van der Waals surface area contributed by atoms with Crippen molar-refractivity contribution in [1.29, 1.82) is 0 Å². The maximum Gasteiger partial charge on any atom is 0.222 e. The van der Waals surface area contributed by atoms with Crippen molar-refractivity contribution >= 4 is 27.5 Å². The molecule has 0 bridgehead atoms. The van der Waals surface area contributed by atoms with E-state index in [9.17, 15) is 4.79 Å². The van der Waals surface area contributed by atoms with Crippen LogP contribution in [0.25, 0.3) is 10.2 Å². The first kappa shape index (κ1) is 19.1. The van der Waals surface area contributed by atoms with E-state index in [1.807, 2.05) is 6.07 Å². The summed E-state index contributed by atoms with van der Waals surface area (Å²) in [5.74, 6) is 1.08. The number of thiazole rings is 1. The van der Waals surface area contributed by atoms with Gasteiger partial charge in [-0.3, -0.25) is 4.79 Å². The van der Waals surface area contributed by atoms with Crippen LogP contribution in [0.4, 0.5) is 0 Å². The summed E-state index contributed by atoms with van der Waals surface area (Å²) in [5.41, 5.74) is 2.50. The summed E-state index contributed by atoms with van der Waals surface area (Å²) < 4.78 is 1.24. The highest BCUT2D eigenvalue weighted by Gasteiger charge is 2.22. The fourth-order valence-electron chi connectivity index (χ4n) is 4.06. The van der Waals surface area contributed by atoms with E-state index < -0.39 is 0 Å². The van der Waals surface area contributed by atoms with E-state index in [-0.39, 0.29) is 0 Å². The van der Waals surface area contributed by atoms with Crippen LogP contribution in [0, 0.1) is 5.92 Å². The maximum absolute atomic E-state index is 12.6. The molecular formula is C24H28N2OS. The van der Waals surface area contributed by atoms with Crippen LogP contribution in [0.2, 0.25) is 0 Å². The van der Waals surface area contributed by atoms with Gasteiger partial charge in [-0.2, -0.15) is 0 Å². The quantitative estimate of drug-likeness (QED) is 0.533. The van der Waals surface area contributed by atoms with Crippen LogP contribution < -0.4 is 0 Å². The fraction of sp³-hybridized carbons (Fsp3) is 0.417. The van der Waals surface area contributed by atoms with Crippen molar-refractivity contribution in [2.45, 2.75) is 44.9 Å². The highest BCUT2D eigenvalue weighted by atomic mass is 32.1. The van der Waals surface area contributed by atoms with Gasteiger partial charge < -0.3 is 4.90 Å². The zero-order chi connectivity index (χ0) is 19.2. The minimum Gasteiger partial charge on any atom is -0.343 e. The highest BCUT2D eigenvalue weighted by molar-refractivity contribution is 7.18. The number of fused-ring (bicyclic) bond motifs is 1. The van der Waals surface area contributed by atoms with Crippen molar-refractivity contribution in [2.75, 3.05) is 13.1 Å². The Kier molecular flexibility index (Phi) is 6.38. The summed E-state index contributed by atoms with van der Waals surface area (Å²) in [6, 6.07) is 19.0. The van der Waals surface area contributed by atoms with Gasteiger partial charge >= 0.3 is 0 Å². The molecule has 0 radical (unpaired) electrons. The molecule has 0 spiro atoms. The number of aryl methyl sites for hydroxylation is 2. The first-order valence-electron chi connectivity index (χ1n) is 10.4. The number of carbonyl (C=O) groups is 1. The number of piperidine rings is 1. The molecule has 28 heavy (non-hydrogen) atoms. The van der Waals surface area contributed by atoms with Crippen molar-refractivity contribution in [3.63, 3.8) is 0 Å². The number of carbonyl (C=O) groups excluding carboxylic acids is 1. The first-order chi connectivity index (χ1) is 13.8. The molecule has 1 aromatic heterocycles. The molecule has 146 valence electrons. The molecule has 3 nitrogen and oxygen atoms in total. The Morgan fingerprint density at radius 1 is 1.00 bits per heavy atom. The SMILES string of the molecule is O=C(CCCc1nc2ccccc2s1)N1CCC(CCc2ccccc2)CC1. The van der Waals surface area contributed by atoms with E-state index in [1.165, 1.54) is 16.7 Å². The number of aromatic nitrogens is 1. The van der Waals surface area contributed by atoms with Gasteiger partial charge in [0, 0.05) is 19.5 Å². The normalized spacial score (nSPS) is 15.2. The molecule has 3 aromatic rings. The van der Waals surface area contributed by atoms with E-state index in [0.717, 1.165) is 61.6 Å². The zero-order valence-electron chi connectivity index (χ0n) is 16.3. The topological polar surface area (TPSA) is 33.2 Å². The number of rotatable bonds is 7. The fourth-order valence-corrected chi connectivity index (χ4v) is 5.07. The lowest BCUT2D eigenvalue weighted by Crippen LogP contribution is -2.38. The smallest absolute Gasteiger partial charge is 0.222 e. The number of nitrogens with zero attached hydrogens (tertiary/aromatic N) is 2. The number of amides is 1. The van der Waals surface area contributed by atoms with Crippen LogP contribution in [-0.2, 0) is 17.6 Å². The lowest BCUT2D eigenvalue weighted by atomic mass is 9.90. The second-order valence-electron chi connectivity index (χ2n) is 7.78. The number of para-hydroxylation sites is 1. The number of likely N-dealkylation sites (tertiary alicyclic amines) is 1. The molecule has 1 amide bonds. The lowest BCUT2D eigenvalue weighted by molar-refractivity contribution is -0.132. The average molecular weight is 393 g/mol. The van der Waals surface area contributed by atoms with E-state index in [0.29, 0.717) is 12.3 Å². The summed E-state index contributed by atoms with van der Waals surface area (Å²) in [5, 5.41) is 1.15. The summed E-state index contributed by atoms with van der Waals surface area (Å²) >= 11 is 1.75. The Morgan fingerprint density at radius 3 is 2.54 bits per heavy atom. The molecular weight excluding hydrogens is 364 g/mol. The number of benzene rings is 2. The third-order valence-corrected chi connectivity index (χ3v) is 6.87. The molecule has 1 saturated heterocycles. The Balaban J connectivity index is 1.17. The predicted molar refractivity (Wildman–Crippen MR) is 117 cm³/mol. The average Bonchev–Trinajstić information content (AvgIpc) is 3.16. The molecule has 2 heterocycles. The zero-order valence-corrected chi connectivity index (χ0v) is 17.2. The van der Waals surface area contributed by atoms with Crippen LogP contribution >= 0.6 is 11.3 Å². The van der Waals surface area contributed by atoms with Crippen LogP contribution in [0.1, 0.15) is 42.7 Å². The summed E-state index contributed by atoms with van der Waals surface area (Å²) in [4.78, 5) is 19.3. The Bertz CT molecular complexity index is 864. The van der Waals surface area contributed by atoms with Crippen molar-refractivity contribution in [3.05, 3.63) is 65.2 Å². The Labute approximate surface area is 171 Å². The van der Waals surface area contributed by atoms with E-state index in [4.69, 9.17) is 0 Å². The Hall–Kier alpha value is -2.20. The van der Waals surface area contributed by atoms with Gasteiger partial charge in [0.05, 0.1) is 15.2 Å². The minimum atomic E-state index is 0.322. The highest BCUT2D eigenvalue weighted by Crippen LogP contribution is 2.25. The second-order valence-corrected chi connectivity index (χ2v) is 8.89. The summed E-state index contributed by atoms with van der Waals surface area (Å²) in [7, 11) is 0. The van der Waals surface area contributed by atoms with Crippen LogP contribution in [-0.4, -0.2) is 28.9 Å². The van der Waals surface area contributed by atoms with Crippen molar-refractivity contribution < 1.29 is 4.79 Å². The molecule has 0 N–H and O–H groups in total. The van der Waals surface area contributed by atoms with Gasteiger partial charge in [-0.05, 0) is 62.1 Å². The molecule has 0 saturated carbocycles. The van der Waals surface area contributed by atoms with Crippen molar-refractivity contribution in [2.24, 2.45) is 5.92 Å². The summed E-state index contributed by atoms with van der Waals surface area (Å²) in [6.45, 7) is 1.86. The molecule has 0 atom stereocenters. The van der Waals surface area contributed by atoms with Gasteiger partial charge in [-0.25, -0.2) is 4.98 Å². The Morgan fingerprint density at radius 2 is 1.75 bits per heavy atom. The predicted octanol–water partition coefficient (Wildman–Crippen LogP) is 5.49.